The van der Waals surface area contributed by atoms with Gasteiger partial charge >= 0.3 is 0 Å². The Bertz CT molecular complexity index is 846. The Hall–Kier alpha value is -2.24. The third kappa shape index (κ3) is 2.92. The van der Waals surface area contributed by atoms with Gasteiger partial charge in [0, 0.05) is 5.56 Å². The second kappa shape index (κ2) is 6.71. The number of rotatable bonds is 3. The van der Waals surface area contributed by atoms with E-state index in [0.29, 0.717) is 0 Å². The van der Waals surface area contributed by atoms with Crippen molar-refractivity contribution in [2.45, 2.75) is 13.3 Å². The molecule has 6 heteroatoms. The van der Waals surface area contributed by atoms with Crippen LogP contribution in [0.4, 0.5) is 10.1 Å². The van der Waals surface area contributed by atoms with Crippen LogP contribution in [0.3, 0.4) is 0 Å². The van der Waals surface area contributed by atoms with Crippen molar-refractivity contribution in [2.24, 2.45) is 0 Å². The van der Waals surface area contributed by atoms with E-state index in [0.717, 1.165) is 17.7 Å². The highest BCUT2D eigenvalue weighted by molar-refractivity contribution is 7.80. The predicted octanol–water partition coefficient (Wildman–Crippen LogP) is 4.30. The number of carbonyl (C=O) groups excluding carboxylic acids is 1. The first-order valence-corrected chi connectivity index (χ1v) is 8.20. The molecule has 1 fully saturated rings. The number of halogens is 2. The Morgan fingerprint density at radius 2 is 2.00 bits per heavy atom. The minimum atomic E-state index is -0.497. The molecule has 24 heavy (non-hydrogen) atoms. The van der Waals surface area contributed by atoms with Gasteiger partial charge in [-0.3, -0.25) is 9.69 Å². The fourth-order valence-electron chi connectivity index (χ4n) is 2.57. The zero-order chi connectivity index (χ0) is 17.3. The third-order valence-electron chi connectivity index (χ3n) is 3.78. The summed E-state index contributed by atoms with van der Waals surface area (Å²) in [6, 6.07) is 11.9. The van der Waals surface area contributed by atoms with Crippen LogP contribution in [0.1, 0.15) is 18.1 Å². The number of hydrogen-bond donors (Lipinski definition) is 1. The van der Waals surface area contributed by atoms with Gasteiger partial charge in [0.25, 0.3) is 5.91 Å². The van der Waals surface area contributed by atoms with Gasteiger partial charge in [-0.1, -0.05) is 42.8 Å². The van der Waals surface area contributed by atoms with Crippen molar-refractivity contribution in [2.75, 3.05) is 4.90 Å². The smallest absolute Gasteiger partial charge is 0.281 e. The molecule has 1 amide bonds. The molecular formula is C18H14ClFN2OS. The monoisotopic (exact) mass is 360 g/mol. The molecule has 3 rings (SSSR count). The van der Waals surface area contributed by atoms with E-state index in [2.05, 4.69) is 5.32 Å². The quantitative estimate of drug-likeness (QED) is 0.654. The van der Waals surface area contributed by atoms with Gasteiger partial charge in [-0.05, 0) is 48.5 Å². The fraction of sp³-hybridized carbons (Fsp3) is 0.111. The van der Waals surface area contributed by atoms with Gasteiger partial charge in [0.1, 0.15) is 11.5 Å². The highest BCUT2D eigenvalue weighted by atomic mass is 35.5. The van der Waals surface area contributed by atoms with E-state index in [1.165, 1.54) is 23.1 Å². The van der Waals surface area contributed by atoms with Gasteiger partial charge in [-0.15, -0.1) is 0 Å². The Kier molecular flexibility index (Phi) is 4.64. The summed E-state index contributed by atoms with van der Waals surface area (Å²) in [5, 5.41) is 3.35. The van der Waals surface area contributed by atoms with Crippen LogP contribution in [0.15, 0.2) is 48.2 Å². The summed E-state index contributed by atoms with van der Waals surface area (Å²) in [6.07, 6.45) is 2.15. The second-order valence-corrected chi connectivity index (χ2v) is 6.04. The van der Waals surface area contributed by atoms with Crippen LogP contribution in [0.2, 0.25) is 5.02 Å². The largest absolute Gasteiger partial charge is 0.327 e. The van der Waals surface area contributed by atoms with Gasteiger partial charge in [0.2, 0.25) is 0 Å². The number of aryl methyl sites for hydroxylation is 1. The maximum atomic E-state index is 14.0. The summed E-state index contributed by atoms with van der Waals surface area (Å²) in [6.45, 7) is 2.01. The molecule has 122 valence electrons. The normalized spacial score (nSPS) is 16.0. The van der Waals surface area contributed by atoms with Crippen LogP contribution in [-0.2, 0) is 11.2 Å². The molecule has 0 spiro atoms. The average Bonchev–Trinajstić information content (AvgIpc) is 2.85. The van der Waals surface area contributed by atoms with E-state index in [1.54, 1.807) is 6.07 Å². The minimum Gasteiger partial charge on any atom is -0.327 e. The maximum Gasteiger partial charge on any atom is 0.281 e. The van der Waals surface area contributed by atoms with Crippen LogP contribution >= 0.6 is 23.8 Å². The number of carbonyl (C=O) groups is 1. The molecule has 1 aliphatic heterocycles. The number of thiocarbonyl (C=S) groups is 1. The van der Waals surface area contributed by atoms with Crippen molar-refractivity contribution in [1.29, 1.82) is 0 Å². The van der Waals surface area contributed by atoms with Gasteiger partial charge in [-0.2, -0.15) is 0 Å². The van der Waals surface area contributed by atoms with Gasteiger partial charge in [0.15, 0.2) is 5.11 Å². The third-order valence-corrected chi connectivity index (χ3v) is 4.39. The van der Waals surface area contributed by atoms with Crippen molar-refractivity contribution < 1.29 is 9.18 Å². The summed E-state index contributed by atoms with van der Waals surface area (Å²) in [5.74, 6) is -0.830. The van der Waals surface area contributed by atoms with E-state index in [-0.39, 0.29) is 27.3 Å². The highest BCUT2D eigenvalue weighted by Crippen LogP contribution is 2.28. The Labute approximate surface area is 149 Å². The number of amides is 1. The lowest BCUT2D eigenvalue weighted by Gasteiger charge is -2.17. The first-order valence-electron chi connectivity index (χ1n) is 7.42. The van der Waals surface area contributed by atoms with Crippen molar-refractivity contribution in [3.8, 4) is 0 Å². The first kappa shape index (κ1) is 16.6. The van der Waals surface area contributed by atoms with Crippen molar-refractivity contribution in [3.63, 3.8) is 0 Å². The molecule has 1 N–H and O–H groups in total. The van der Waals surface area contributed by atoms with Crippen molar-refractivity contribution >= 4 is 46.6 Å². The van der Waals surface area contributed by atoms with Crippen LogP contribution < -0.4 is 10.2 Å². The number of hydrogen-bond acceptors (Lipinski definition) is 2. The standard InChI is InChI=1S/C18H14ClFN2OS/c1-2-11-6-3-4-9-16(11)22-17(23)15(21-18(22)24)10-12-13(19)7-5-8-14(12)20/h3-10H,2H2,1H3,(H,21,24)/b15-10+. The van der Waals surface area contributed by atoms with Crippen LogP contribution in [0, 0.1) is 5.82 Å². The topological polar surface area (TPSA) is 32.3 Å². The highest BCUT2D eigenvalue weighted by Gasteiger charge is 2.33. The second-order valence-electron chi connectivity index (χ2n) is 5.25. The molecule has 3 nitrogen and oxygen atoms in total. The van der Waals surface area contributed by atoms with E-state index in [1.807, 2.05) is 31.2 Å². The molecule has 0 bridgehead atoms. The summed E-state index contributed by atoms with van der Waals surface area (Å²) in [7, 11) is 0. The maximum absolute atomic E-state index is 14.0. The summed E-state index contributed by atoms with van der Waals surface area (Å²) < 4.78 is 14.0. The van der Waals surface area contributed by atoms with Crippen molar-refractivity contribution in [3.05, 3.63) is 70.1 Å². The minimum absolute atomic E-state index is 0.156. The molecule has 2 aromatic rings. The van der Waals surface area contributed by atoms with E-state index in [4.69, 9.17) is 23.8 Å². The molecule has 0 aromatic heterocycles. The number of para-hydroxylation sites is 1. The zero-order valence-corrected chi connectivity index (χ0v) is 14.4. The van der Waals surface area contributed by atoms with Crippen molar-refractivity contribution in [1.82, 2.24) is 5.32 Å². The van der Waals surface area contributed by atoms with Gasteiger partial charge in [-0.25, -0.2) is 4.39 Å². The molecular weight excluding hydrogens is 347 g/mol. The van der Waals surface area contributed by atoms with Gasteiger partial charge in [0.05, 0.1) is 10.7 Å². The SMILES string of the molecule is CCc1ccccc1N1C(=O)/C(=C\c2c(F)cccc2Cl)NC1=S. The summed E-state index contributed by atoms with van der Waals surface area (Å²) in [4.78, 5) is 14.2. The number of nitrogens with one attached hydrogen (secondary N) is 1. The lowest BCUT2D eigenvalue weighted by Crippen LogP contribution is -2.31. The molecule has 0 saturated carbocycles. The number of anilines is 1. The molecule has 1 saturated heterocycles. The molecule has 0 unspecified atom stereocenters. The van der Waals surface area contributed by atoms with E-state index in [9.17, 15) is 9.18 Å². The zero-order valence-electron chi connectivity index (χ0n) is 12.8. The lowest BCUT2D eigenvalue weighted by molar-refractivity contribution is -0.113. The first-order chi connectivity index (χ1) is 11.5. The average molecular weight is 361 g/mol. The Balaban J connectivity index is 2.02. The molecule has 0 atom stereocenters. The van der Waals surface area contributed by atoms with Crippen LogP contribution in [-0.4, -0.2) is 11.0 Å². The molecule has 1 heterocycles. The predicted molar refractivity (Wildman–Crippen MR) is 98.4 cm³/mol. The Morgan fingerprint density at radius 1 is 1.25 bits per heavy atom. The summed E-state index contributed by atoms with van der Waals surface area (Å²) >= 11 is 11.3. The lowest BCUT2D eigenvalue weighted by atomic mass is 10.1. The molecule has 1 aliphatic rings. The molecule has 0 aliphatic carbocycles. The van der Waals surface area contributed by atoms with Crippen LogP contribution in [0.5, 0.6) is 0 Å². The molecule has 0 radical (unpaired) electrons. The van der Waals surface area contributed by atoms with Crippen LogP contribution in [0.25, 0.3) is 6.08 Å². The number of benzene rings is 2. The summed E-state index contributed by atoms with van der Waals surface area (Å²) in [5.41, 5.74) is 2.08. The van der Waals surface area contributed by atoms with E-state index >= 15 is 0 Å². The Morgan fingerprint density at radius 3 is 2.71 bits per heavy atom. The fourth-order valence-corrected chi connectivity index (χ4v) is 3.08. The number of nitrogens with zero attached hydrogens (tertiary/aromatic N) is 1. The molecule has 2 aromatic carbocycles. The van der Waals surface area contributed by atoms with Gasteiger partial charge < -0.3 is 5.32 Å². The van der Waals surface area contributed by atoms with E-state index < -0.39 is 5.82 Å².